The van der Waals surface area contributed by atoms with E-state index in [1.807, 2.05) is 18.2 Å². The molecule has 0 fully saturated rings. The summed E-state index contributed by atoms with van der Waals surface area (Å²) in [5, 5.41) is 3.13. The summed E-state index contributed by atoms with van der Waals surface area (Å²) in [6, 6.07) is 10.2. The number of benzene rings is 2. The number of rotatable bonds is 4. The summed E-state index contributed by atoms with van der Waals surface area (Å²) >= 11 is 0. The fourth-order valence-electron chi connectivity index (χ4n) is 2.97. The molecule has 1 atom stereocenters. The SMILES string of the molecule is COc1cc2c(cc1CN=C(N)Nc1ccc(C)c(C)c1)OC(C)C2.I. The molecule has 0 aliphatic carbocycles. The highest BCUT2D eigenvalue weighted by Gasteiger charge is 2.21. The number of guanidine groups is 1. The van der Waals surface area contributed by atoms with Gasteiger partial charge < -0.3 is 20.5 Å². The van der Waals surface area contributed by atoms with Gasteiger partial charge in [-0.1, -0.05) is 6.07 Å². The van der Waals surface area contributed by atoms with Crippen LogP contribution in [0.1, 0.15) is 29.2 Å². The van der Waals surface area contributed by atoms with Gasteiger partial charge in [-0.2, -0.15) is 0 Å². The number of aryl methyl sites for hydroxylation is 2. The zero-order valence-electron chi connectivity index (χ0n) is 15.6. The summed E-state index contributed by atoms with van der Waals surface area (Å²) in [5.74, 6) is 2.11. The molecule has 0 amide bonds. The van der Waals surface area contributed by atoms with E-state index < -0.39 is 0 Å². The maximum atomic E-state index is 6.03. The van der Waals surface area contributed by atoms with Crippen LogP contribution in [0.4, 0.5) is 5.69 Å². The van der Waals surface area contributed by atoms with Crippen molar-refractivity contribution in [1.82, 2.24) is 0 Å². The van der Waals surface area contributed by atoms with Crippen LogP contribution in [0.3, 0.4) is 0 Å². The lowest BCUT2D eigenvalue weighted by molar-refractivity contribution is 0.254. The molecular formula is C20H26IN3O2. The molecule has 26 heavy (non-hydrogen) atoms. The predicted molar refractivity (Wildman–Crippen MR) is 117 cm³/mol. The van der Waals surface area contributed by atoms with Crippen molar-refractivity contribution in [3.63, 3.8) is 0 Å². The van der Waals surface area contributed by atoms with Crippen molar-refractivity contribution < 1.29 is 9.47 Å². The third-order valence-corrected chi connectivity index (χ3v) is 4.50. The van der Waals surface area contributed by atoms with Crippen LogP contribution >= 0.6 is 24.0 Å². The van der Waals surface area contributed by atoms with Crippen LogP contribution in [0.5, 0.6) is 11.5 Å². The van der Waals surface area contributed by atoms with Gasteiger partial charge in [-0.05, 0) is 56.2 Å². The molecule has 1 aliphatic rings. The molecule has 0 spiro atoms. The second-order valence-corrected chi connectivity index (χ2v) is 6.53. The highest BCUT2D eigenvalue weighted by atomic mass is 127. The van der Waals surface area contributed by atoms with E-state index in [9.17, 15) is 0 Å². The van der Waals surface area contributed by atoms with Crippen molar-refractivity contribution in [3.05, 3.63) is 52.6 Å². The van der Waals surface area contributed by atoms with E-state index in [0.717, 1.165) is 29.2 Å². The van der Waals surface area contributed by atoms with Crippen LogP contribution in [0.25, 0.3) is 0 Å². The minimum Gasteiger partial charge on any atom is -0.496 e. The van der Waals surface area contributed by atoms with E-state index in [2.05, 4.69) is 43.2 Å². The van der Waals surface area contributed by atoms with Crippen molar-refractivity contribution in [2.75, 3.05) is 12.4 Å². The first kappa shape index (κ1) is 20.4. The fourth-order valence-corrected chi connectivity index (χ4v) is 2.97. The van der Waals surface area contributed by atoms with Crippen LogP contribution in [0, 0.1) is 13.8 Å². The average molecular weight is 467 g/mol. The Hall–Kier alpha value is -1.96. The Balaban J connectivity index is 0.00000243. The normalized spacial score (nSPS) is 15.7. The summed E-state index contributed by atoms with van der Waals surface area (Å²) in [4.78, 5) is 4.44. The summed E-state index contributed by atoms with van der Waals surface area (Å²) < 4.78 is 11.3. The Kier molecular flexibility index (Phi) is 6.75. The number of nitrogens with two attached hydrogens (primary N) is 1. The first-order chi connectivity index (χ1) is 12.0. The molecule has 6 heteroatoms. The standard InChI is InChI=1S/C20H25N3O2.HI/c1-12-5-6-17(7-13(12)2)23-20(21)22-11-16-10-19-15(8-14(3)25-19)9-18(16)24-4;/h5-7,9-10,14H,8,11H2,1-4H3,(H3,21,22,23);1H. The number of nitrogens with one attached hydrogen (secondary N) is 1. The Labute approximate surface area is 172 Å². The number of fused-ring (bicyclic) bond motifs is 1. The molecule has 0 saturated heterocycles. The lowest BCUT2D eigenvalue weighted by Gasteiger charge is -2.11. The summed E-state index contributed by atoms with van der Waals surface area (Å²) in [6.45, 7) is 6.65. The number of anilines is 1. The quantitative estimate of drug-likeness (QED) is 0.402. The predicted octanol–water partition coefficient (Wildman–Crippen LogP) is 4.18. The minimum absolute atomic E-state index is 0. The molecule has 0 bridgehead atoms. The van der Waals surface area contributed by atoms with E-state index in [1.54, 1.807) is 7.11 Å². The van der Waals surface area contributed by atoms with Crippen molar-refractivity contribution >= 4 is 35.6 Å². The van der Waals surface area contributed by atoms with E-state index in [1.165, 1.54) is 16.7 Å². The van der Waals surface area contributed by atoms with Crippen molar-refractivity contribution in [2.45, 2.75) is 39.8 Å². The Morgan fingerprint density at radius 1 is 1.27 bits per heavy atom. The molecule has 0 radical (unpaired) electrons. The van der Waals surface area contributed by atoms with Crippen molar-refractivity contribution in [2.24, 2.45) is 10.7 Å². The topological polar surface area (TPSA) is 68.9 Å². The van der Waals surface area contributed by atoms with Crippen LogP contribution < -0.4 is 20.5 Å². The first-order valence-electron chi connectivity index (χ1n) is 8.47. The van der Waals surface area contributed by atoms with E-state index in [0.29, 0.717) is 12.5 Å². The number of ether oxygens (including phenoxy) is 2. The maximum Gasteiger partial charge on any atom is 0.193 e. The number of halogens is 1. The zero-order valence-corrected chi connectivity index (χ0v) is 18.0. The van der Waals surface area contributed by atoms with Crippen molar-refractivity contribution in [3.8, 4) is 11.5 Å². The number of hydrogen-bond acceptors (Lipinski definition) is 3. The van der Waals surface area contributed by atoms with Gasteiger partial charge in [0, 0.05) is 23.2 Å². The van der Waals surface area contributed by atoms with Gasteiger partial charge in [0.1, 0.15) is 17.6 Å². The molecule has 0 aromatic heterocycles. The van der Waals surface area contributed by atoms with Crippen molar-refractivity contribution in [1.29, 1.82) is 0 Å². The molecule has 140 valence electrons. The smallest absolute Gasteiger partial charge is 0.193 e. The third-order valence-electron chi connectivity index (χ3n) is 4.50. The monoisotopic (exact) mass is 467 g/mol. The largest absolute Gasteiger partial charge is 0.496 e. The summed E-state index contributed by atoms with van der Waals surface area (Å²) in [5.41, 5.74) is 11.6. The molecule has 2 aromatic rings. The van der Waals surface area contributed by atoms with Gasteiger partial charge in [-0.3, -0.25) is 0 Å². The minimum atomic E-state index is 0. The number of methoxy groups -OCH3 is 1. The molecule has 5 nitrogen and oxygen atoms in total. The second kappa shape index (κ2) is 8.62. The van der Waals surface area contributed by atoms with E-state index in [-0.39, 0.29) is 30.1 Å². The van der Waals surface area contributed by atoms with Gasteiger partial charge in [0.25, 0.3) is 0 Å². The van der Waals surface area contributed by atoms with Crippen LogP contribution in [0.2, 0.25) is 0 Å². The van der Waals surface area contributed by atoms with E-state index >= 15 is 0 Å². The van der Waals surface area contributed by atoms with Gasteiger partial charge in [0.05, 0.1) is 13.7 Å². The Morgan fingerprint density at radius 2 is 2.04 bits per heavy atom. The molecule has 0 saturated carbocycles. The molecular weight excluding hydrogens is 441 g/mol. The highest BCUT2D eigenvalue weighted by molar-refractivity contribution is 14.0. The Bertz CT molecular complexity index is 821. The number of hydrogen-bond donors (Lipinski definition) is 2. The van der Waals surface area contributed by atoms with Gasteiger partial charge >= 0.3 is 0 Å². The number of nitrogens with zero attached hydrogens (tertiary/aromatic N) is 1. The summed E-state index contributed by atoms with van der Waals surface area (Å²) in [6.07, 6.45) is 1.11. The molecule has 1 heterocycles. The molecule has 3 N–H and O–H groups in total. The fraction of sp³-hybridized carbons (Fsp3) is 0.350. The molecule has 1 unspecified atom stereocenters. The van der Waals surface area contributed by atoms with Gasteiger partial charge in [-0.15, -0.1) is 24.0 Å². The van der Waals surface area contributed by atoms with Gasteiger partial charge in [0.2, 0.25) is 0 Å². The molecule has 1 aliphatic heterocycles. The van der Waals surface area contributed by atoms with Gasteiger partial charge in [0.15, 0.2) is 5.96 Å². The highest BCUT2D eigenvalue weighted by Crippen LogP contribution is 2.35. The van der Waals surface area contributed by atoms with Crippen LogP contribution in [-0.4, -0.2) is 19.2 Å². The van der Waals surface area contributed by atoms with Gasteiger partial charge in [-0.25, -0.2) is 4.99 Å². The Morgan fingerprint density at radius 3 is 2.73 bits per heavy atom. The van der Waals surface area contributed by atoms with Crippen LogP contribution in [0.15, 0.2) is 35.3 Å². The lowest BCUT2D eigenvalue weighted by atomic mass is 10.1. The van der Waals surface area contributed by atoms with Crippen LogP contribution in [-0.2, 0) is 13.0 Å². The molecule has 3 rings (SSSR count). The van der Waals surface area contributed by atoms with E-state index in [4.69, 9.17) is 15.2 Å². The molecule has 2 aromatic carbocycles. The first-order valence-corrected chi connectivity index (χ1v) is 8.47. The number of aliphatic imine (C=N–C) groups is 1. The zero-order chi connectivity index (χ0) is 18.0. The average Bonchev–Trinajstić information content (AvgIpc) is 2.94. The maximum absolute atomic E-state index is 6.03. The third kappa shape index (κ3) is 4.60. The summed E-state index contributed by atoms with van der Waals surface area (Å²) in [7, 11) is 1.67. The lowest BCUT2D eigenvalue weighted by Crippen LogP contribution is -2.22. The second-order valence-electron chi connectivity index (χ2n) is 6.53.